The number of ether oxygens (including phenoxy) is 1. The summed E-state index contributed by atoms with van der Waals surface area (Å²) in [5, 5.41) is 2.35. The van der Waals surface area contributed by atoms with Crippen LogP contribution < -0.4 is 5.32 Å². The van der Waals surface area contributed by atoms with Gasteiger partial charge >= 0.3 is 6.09 Å². The fourth-order valence-electron chi connectivity index (χ4n) is 1.65. The molecule has 0 aliphatic carbocycles. The van der Waals surface area contributed by atoms with Crippen molar-refractivity contribution in [3.63, 3.8) is 0 Å². The first-order valence-corrected chi connectivity index (χ1v) is 5.94. The lowest BCUT2D eigenvalue weighted by Crippen LogP contribution is -2.36. The Hall–Kier alpha value is -1.91. The standard InChI is InChI=1S/C14H18FNO3/c1-9-6-5-7-10(15)12(9)11(8-17)16-13(18)19-14(2,3)4/h5-8,11H,1-4H3,(H,16,18). The molecule has 0 radical (unpaired) electrons. The van der Waals surface area contributed by atoms with Crippen LogP contribution in [-0.4, -0.2) is 18.0 Å². The number of carbonyl (C=O) groups is 2. The summed E-state index contributed by atoms with van der Waals surface area (Å²) in [7, 11) is 0. The van der Waals surface area contributed by atoms with E-state index in [1.54, 1.807) is 39.8 Å². The number of benzene rings is 1. The zero-order valence-corrected chi connectivity index (χ0v) is 11.5. The molecule has 1 aromatic rings. The number of hydrogen-bond acceptors (Lipinski definition) is 3. The van der Waals surface area contributed by atoms with Crippen molar-refractivity contribution in [2.75, 3.05) is 0 Å². The summed E-state index contributed by atoms with van der Waals surface area (Å²) in [5.74, 6) is -0.534. The van der Waals surface area contributed by atoms with Gasteiger partial charge in [-0.25, -0.2) is 9.18 Å². The van der Waals surface area contributed by atoms with Crippen LogP contribution in [-0.2, 0) is 9.53 Å². The molecule has 0 heterocycles. The van der Waals surface area contributed by atoms with E-state index >= 15 is 0 Å². The minimum absolute atomic E-state index is 0.156. The van der Waals surface area contributed by atoms with Gasteiger partial charge in [0.15, 0.2) is 0 Å². The van der Waals surface area contributed by atoms with E-state index < -0.39 is 23.6 Å². The highest BCUT2D eigenvalue weighted by molar-refractivity contribution is 5.75. The van der Waals surface area contributed by atoms with Gasteiger partial charge in [0, 0.05) is 5.56 Å². The fraction of sp³-hybridized carbons (Fsp3) is 0.429. The molecular weight excluding hydrogens is 249 g/mol. The van der Waals surface area contributed by atoms with Crippen LogP contribution in [0, 0.1) is 12.7 Å². The monoisotopic (exact) mass is 267 g/mol. The van der Waals surface area contributed by atoms with Gasteiger partial charge in [0.2, 0.25) is 0 Å². The maximum absolute atomic E-state index is 13.7. The number of nitrogens with one attached hydrogen (secondary N) is 1. The SMILES string of the molecule is Cc1cccc(F)c1C(C=O)NC(=O)OC(C)(C)C. The lowest BCUT2D eigenvalue weighted by atomic mass is 10.0. The van der Waals surface area contributed by atoms with Gasteiger partial charge in [-0.3, -0.25) is 0 Å². The van der Waals surface area contributed by atoms with Crippen LogP contribution in [0.4, 0.5) is 9.18 Å². The Morgan fingerprint density at radius 3 is 2.53 bits per heavy atom. The lowest BCUT2D eigenvalue weighted by Gasteiger charge is -2.22. The molecular formula is C14H18FNO3. The van der Waals surface area contributed by atoms with Gasteiger partial charge in [0.25, 0.3) is 0 Å². The molecule has 1 rings (SSSR count). The third kappa shape index (κ3) is 4.35. The number of aldehydes is 1. The second kappa shape index (κ2) is 5.82. The van der Waals surface area contributed by atoms with Crippen LogP contribution in [0.3, 0.4) is 0 Å². The third-order valence-electron chi connectivity index (χ3n) is 2.39. The summed E-state index contributed by atoms with van der Waals surface area (Å²) < 4.78 is 18.8. The molecule has 19 heavy (non-hydrogen) atoms. The predicted molar refractivity (Wildman–Crippen MR) is 69.3 cm³/mol. The molecule has 5 heteroatoms. The topological polar surface area (TPSA) is 55.4 Å². The van der Waals surface area contributed by atoms with E-state index in [-0.39, 0.29) is 5.56 Å². The highest BCUT2D eigenvalue weighted by atomic mass is 19.1. The van der Waals surface area contributed by atoms with Gasteiger partial charge in [-0.2, -0.15) is 0 Å². The zero-order valence-electron chi connectivity index (χ0n) is 11.5. The van der Waals surface area contributed by atoms with Crippen molar-refractivity contribution >= 4 is 12.4 Å². The second-order valence-corrected chi connectivity index (χ2v) is 5.23. The maximum Gasteiger partial charge on any atom is 0.408 e. The molecule has 0 saturated carbocycles. The molecule has 1 amide bonds. The summed E-state index contributed by atoms with van der Waals surface area (Å²) in [6.45, 7) is 6.79. The van der Waals surface area contributed by atoms with Crippen LogP contribution in [0.5, 0.6) is 0 Å². The van der Waals surface area contributed by atoms with Crippen LogP contribution in [0.1, 0.15) is 37.9 Å². The van der Waals surface area contributed by atoms with Crippen LogP contribution in [0.25, 0.3) is 0 Å². The number of rotatable bonds is 3. The molecule has 0 aliphatic heterocycles. The Bertz CT molecular complexity index is 460. The lowest BCUT2D eigenvalue weighted by molar-refractivity contribution is -0.109. The average molecular weight is 267 g/mol. The van der Waals surface area contributed by atoms with Gasteiger partial charge in [-0.1, -0.05) is 12.1 Å². The second-order valence-electron chi connectivity index (χ2n) is 5.23. The molecule has 0 spiro atoms. The Labute approximate surface area is 112 Å². The first-order valence-electron chi connectivity index (χ1n) is 5.94. The van der Waals surface area contributed by atoms with Crippen LogP contribution in [0.2, 0.25) is 0 Å². The minimum atomic E-state index is -1.06. The summed E-state index contributed by atoms with van der Waals surface area (Å²) in [6, 6.07) is 3.40. The molecule has 1 atom stereocenters. The number of carbonyl (C=O) groups excluding carboxylic acids is 2. The average Bonchev–Trinajstić information content (AvgIpc) is 2.24. The first kappa shape index (κ1) is 15.1. The van der Waals surface area contributed by atoms with Gasteiger partial charge < -0.3 is 14.8 Å². The minimum Gasteiger partial charge on any atom is -0.444 e. The Morgan fingerprint density at radius 2 is 2.05 bits per heavy atom. The normalized spacial score (nSPS) is 12.7. The van der Waals surface area contributed by atoms with Gasteiger partial charge in [0.1, 0.15) is 23.7 Å². The van der Waals surface area contributed by atoms with Crippen molar-refractivity contribution in [2.45, 2.75) is 39.3 Å². The Balaban J connectivity index is 2.91. The number of alkyl carbamates (subject to hydrolysis) is 1. The van der Waals surface area contributed by atoms with E-state index in [1.165, 1.54) is 6.07 Å². The maximum atomic E-state index is 13.7. The number of amides is 1. The van der Waals surface area contributed by atoms with Crippen molar-refractivity contribution in [1.29, 1.82) is 0 Å². The van der Waals surface area contributed by atoms with E-state index in [2.05, 4.69) is 5.32 Å². The fourth-order valence-corrected chi connectivity index (χ4v) is 1.65. The van der Waals surface area contributed by atoms with E-state index in [1.807, 2.05) is 0 Å². The van der Waals surface area contributed by atoms with E-state index in [9.17, 15) is 14.0 Å². The smallest absolute Gasteiger partial charge is 0.408 e. The quantitative estimate of drug-likeness (QED) is 0.857. The number of hydrogen-bond donors (Lipinski definition) is 1. The molecule has 0 fully saturated rings. The molecule has 1 aromatic carbocycles. The van der Waals surface area contributed by atoms with Crippen LogP contribution in [0.15, 0.2) is 18.2 Å². The molecule has 0 saturated heterocycles. The highest BCUT2D eigenvalue weighted by Crippen LogP contribution is 2.20. The Kier molecular flexibility index (Phi) is 4.64. The van der Waals surface area contributed by atoms with Crippen LogP contribution >= 0.6 is 0 Å². The number of halogens is 1. The van der Waals surface area contributed by atoms with Crippen molar-refractivity contribution < 1.29 is 18.7 Å². The van der Waals surface area contributed by atoms with E-state index in [0.717, 1.165) is 0 Å². The summed E-state index contributed by atoms with van der Waals surface area (Å²) >= 11 is 0. The summed E-state index contributed by atoms with van der Waals surface area (Å²) in [5.41, 5.74) is 0.0680. The molecule has 104 valence electrons. The molecule has 0 aliphatic rings. The Morgan fingerprint density at radius 1 is 1.42 bits per heavy atom. The highest BCUT2D eigenvalue weighted by Gasteiger charge is 2.23. The van der Waals surface area contributed by atoms with Gasteiger partial charge in [-0.15, -0.1) is 0 Å². The molecule has 0 aromatic heterocycles. The molecule has 1 N–H and O–H groups in total. The van der Waals surface area contributed by atoms with Crippen molar-refractivity contribution in [3.8, 4) is 0 Å². The number of aryl methyl sites for hydroxylation is 1. The van der Waals surface area contributed by atoms with Crippen molar-refractivity contribution in [1.82, 2.24) is 5.32 Å². The zero-order chi connectivity index (χ0) is 14.6. The predicted octanol–water partition coefficient (Wildman–Crippen LogP) is 2.90. The summed E-state index contributed by atoms with van der Waals surface area (Å²) in [4.78, 5) is 22.7. The van der Waals surface area contributed by atoms with Gasteiger partial charge in [0.05, 0.1) is 0 Å². The van der Waals surface area contributed by atoms with E-state index in [4.69, 9.17) is 4.74 Å². The largest absolute Gasteiger partial charge is 0.444 e. The van der Waals surface area contributed by atoms with E-state index in [0.29, 0.717) is 11.8 Å². The molecule has 4 nitrogen and oxygen atoms in total. The third-order valence-corrected chi connectivity index (χ3v) is 2.39. The molecule has 0 bridgehead atoms. The summed E-state index contributed by atoms with van der Waals surface area (Å²) in [6.07, 6.45) is -0.276. The first-order chi connectivity index (χ1) is 8.74. The van der Waals surface area contributed by atoms with Gasteiger partial charge in [-0.05, 0) is 39.3 Å². The molecule has 1 unspecified atom stereocenters. The van der Waals surface area contributed by atoms with Crippen molar-refractivity contribution in [2.24, 2.45) is 0 Å². The van der Waals surface area contributed by atoms with Crippen molar-refractivity contribution in [3.05, 3.63) is 35.1 Å².